The highest BCUT2D eigenvalue weighted by molar-refractivity contribution is 4.71. The van der Waals surface area contributed by atoms with Gasteiger partial charge in [0.1, 0.15) is 0 Å². The quantitative estimate of drug-likeness (QED) is 0.599. The SMILES string of the molecule is CCC(CO)NCCNC1CCCCCCC1. The van der Waals surface area contributed by atoms with E-state index in [1.54, 1.807) is 0 Å². The van der Waals surface area contributed by atoms with Gasteiger partial charge in [0, 0.05) is 25.2 Å². The van der Waals surface area contributed by atoms with Crippen molar-refractivity contribution in [2.75, 3.05) is 19.7 Å². The fourth-order valence-electron chi connectivity index (χ4n) is 2.55. The summed E-state index contributed by atoms with van der Waals surface area (Å²) < 4.78 is 0. The van der Waals surface area contributed by atoms with Crippen LogP contribution in [0.1, 0.15) is 58.3 Å². The Kier molecular flexibility index (Phi) is 8.67. The molecule has 3 nitrogen and oxygen atoms in total. The van der Waals surface area contributed by atoms with E-state index in [0.717, 1.165) is 25.6 Å². The fraction of sp³-hybridized carbons (Fsp3) is 1.00. The van der Waals surface area contributed by atoms with Crippen LogP contribution in [0.5, 0.6) is 0 Å². The molecule has 1 aliphatic rings. The van der Waals surface area contributed by atoms with Gasteiger partial charge in [-0.05, 0) is 19.3 Å². The van der Waals surface area contributed by atoms with E-state index >= 15 is 0 Å². The maximum atomic E-state index is 9.06. The standard InChI is InChI=1S/C14H30N2O/c1-2-13(12-17)15-10-11-16-14-8-6-4-3-5-7-9-14/h13-17H,2-12H2,1H3. The van der Waals surface area contributed by atoms with Crippen LogP contribution in [0.25, 0.3) is 0 Å². The van der Waals surface area contributed by atoms with Crippen LogP contribution < -0.4 is 10.6 Å². The smallest absolute Gasteiger partial charge is 0.0584 e. The average Bonchev–Trinajstić information content (AvgIpc) is 2.31. The predicted molar refractivity (Wildman–Crippen MR) is 73.3 cm³/mol. The Labute approximate surface area is 106 Å². The minimum atomic E-state index is 0.250. The van der Waals surface area contributed by atoms with Crippen molar-refractivity contribution in [3.63, 3.8) is 0 Å². The van der Waals surface area contributed by atoms with Crippen LogP contribution in [0.3, 0.4) is 0 Å². The molecule has 1 unspecified atom stereocenters. The lowest BCUT2D eigenvalue weighted by molar-refractivity contribution is 0.238. The second-order valence-corrected chi connectivity index (χ2v) is 5.24. The average molecular weight is 242 g/mol. The van der Waals surface area contributed by atoms with Gasteiger partial charge in [-0.25, -0.2) is 0 Å². The van der Waals surface area contributed by atoms with E-state index < -0.39 is 0 Å². The van der Waals surface area contributed by atoms with E-state index in [0.29, 0.717) is 0 Å². The molecule has 0 aliphatic heterocycles. The van der Waals surface area contributed by atoms with Crippen LogP contribution in [0.2, 0.25) is 0 Å². The van der Waals surface area contributed by atoms with Crippen LogP contribution in [-0.4, -0.2) is 36.9 Å². The van der Waals surface area contributed by atoms with Crippen molar-refractivity contribution >= 4 is 0 Å². The van der Waals surface area contributed by atoms with Gasteiger partial charge in [0.25, 0.3) is 0 Å². The second-order valence-electron chi connectivity index (χ2n) is 5.24. The van der Waals surface area contributed by atoms with E-state index in [4.69, 9.17) is 5.11 Å². The van der Waals surface area contributed by atoms with Crippen LogP contribution >= 0.6 is 0 Å². The largest absolute Gasteiger partial charge is 0.395 e. The highest BCUT2D eigenvalue weighted by atomic mass is 16.3. The van der Waals surface area contributed by atoms with Crippen molar-refractivity contribution in [3.8, 4) is 0 Å². The highest BCUT2D eigenvalue weighted by Gasteiger charge is 2.10. The van der Waals surface area contributed by atoms with Crippen molar-refractivity contribution in [3.05, 3.63) is 0 Å². The summed E-state index contributed by atoms with van der Waals surface area (Å²) in [4.78, 5) is 0. The number of hydrogen-bond donors (Lipinski definition) is 3. The zero-order chi connectivity index (χ0) is 12.3. The van der Waals surface area contributed by atoms with Crippen molar-refractivity contribution < 1.29 is 5.11 Å². The van der Waals surface area contributed by atoms with Gasteiger partial charge in [-0.2, -0.15) is 0 Å². The van der Waals surface area contributed by atoms with Gasteiger partial charge in [0.15, 0.2) is 0 Å². The molecule has 0 aromatic rings. The summed E-state index contributed by atoms with van der Waals surface area (Å²) >= 11 is 0. The van der Waals surface area contributed by atoms with E-state index in [1.165, 1.54) is 44.9 Å². The lowest BCUT2D eigenvalue weighted by Gasteiger charge is -2.22. The summed E-state index contributed by atoms with van der Waals surface area (Å²) in [7, 11) is 0. The van der Waals surface area contributed by atoms with Crippen LogP contribution in [0, 0.1) is 0 Å². The Hall–Kier alpha value is -0.120. The van der Waals surface area contributed by atoms with Gasteiger partial charge in [0.2, 0.25) is 0 Å². The van der Waals surface area contributed by atoms with Crippen LogP contribution in [-0.2, 0) is 0 Å². The molecular weight excluding hydrogens is 212 g/mol. The minimum Gasteiger partial charge on any atom is -0.395 e. The molecule has 0 amide bonds. The number of hydrogen-bond acceptors (Lipinski definition) is 3. The molecule has 0 heterocycles. The van der Waals surface area contributed by atoms with Crippen molar-refractivity contribution in [2.45, 2.75) is 70.4 Å². The highest BCUT2D eigenvalue weighted by Crippen LogP contribution is 2.16. The summed E-state index contributed by atoms with van der Waals surface area (Å²) in [5.41, 5.74) is 0. The first kappa shape index (κ1) is 14.9. The number of aliphatic hydroxyl groups is 1. The lowest BCUT2D eigenvalue weighted by atomic mass is 9.97. The Morgan fingerprint density at radius 1 is 1.06 bits per heavy atom. The molecular formula is C14H30N2O. The Bertz CT molecular complexity index is 164. The summed E-state index contributed by atoms with van der Waals surface area (Å²) in [6.45, 7) is 4.35. The van der Waals surface area contributed by atoms with E-state index in [9.17, 15) is 0 Å². The van der Waals surface area contributed by atoms with Crippen LogP contribution in [0.4, 0.5) is 0 Å². The van der Waals surface area contributed by atoms with Crippen molar-refractivity contribution in [1.82, 2.24) is 10.6 Å². The molecule has 1 fully saturated rings. The molecule has 17 heavy (non-hydrogen) atoms. The van der Waals surface area contributed by atoms with Crippen molar-refractivity contribution in [2.24, 2.45) is 0 Å². The summed E-state index contributed by atoms with van der Waals surface area (Å²) in [6.07, 6.45) is 10.7. The molecule has 3 N–H and O–H groups in total. The fourth-order valence-corrected chi connectivity index (χ4v) is 2.55. The first-order valence-electron chi connectivity index (χ1n) is 7.44. The zero-order valence-corrected chi connectivity index (χ0v) is 11.4. The number of rotatable bonds is 7. The van der Waals surface area contributed by atoms with Crippen molar-refractivity contribution in [1.29, 1.82) is 0 Å². The van der Waals surface area contributed by atoms with Gasteiger partial charge >= 0.3 is 0 Å². The third-order valence-corrected chi connectivity index (χ3v) is 3.81. The molecule has 1 atom stereocenters. The summed E-state index contributed by atoms with van der Waals surface area (Å²) in [5.74, 6) is 0. The topological polar surface area (TPSA) is 44.3 Å². The maximum Gasteiger partial charge on any atom is 0.0584 e. The third kappa shape index (κ3) is 7.02. The Morgan fingerprint density at radius 2 is 1.71 bits per heavy atom. The Balaban J connectivity index is 2.03. The molecule has 0 radical (unpaired) electrons. The molecule has 3 heteroatoms. The van der Waals surface area contributed by atoms with Gasteiger partial charge in [0.05, 0.1) is 6.61 Å². The zero-order valence-electron chi connectivity index (χ0n) is 11.4. The van der Waals surface area contributed by atoms with Gasteiger partial charge in [-0.15, -0.1) is 0 Å². The van der Waals surface area contributed by atoms with Gasteiger partial charge in [-0.1, -0.05) is 39.0 Å². The molecule has 102 valence electrons. The van der Waals surface area contributed by atoms with Crippen LogP contribution in [0.15, 0.2) is 0 Å². The molecule has 1 saturated carbocycles. The predicted octanol–water partition coefficient (Wildman–Crippen LogP) is 2.05. The number of aliphatic hydroxyl groups excluding tert-OH is 1. The maximum absolute atomic E-state index is 9.06. The molecule has 0 aromatic carbocycles. The molecule has 0 saturated heterocycles. The van der Waals surface area contributed by atoms with Gasteiger partial charge in [-0.3, -0.25) is 0 Å². The Morgan fingerprint density at radius 3 is 2.29 bits per heavy atom. The monoisotopic (exact) mass is 242 g/mol. The molecule has 0 aromatic heterocycles. The molecule has 0 spiro atoms. The van der Waals surface area contributed by atoms with E-state index in [-0.39, 0.29) is 12.6 Å². The number of nitrogens with one attached hydrogen (secondary N) is 2. The minimum absolute atomic E-state index is 0.250. The molecule has 1 rings (SSSR count). The van der Waals surface area contributed by atoms with E-state index in [2.05, 4.69) is 17.6 Å². The summed E-state index contributed by atoms with van der Waals surface area (Å²) in [5, 5.41) is 16.1. The van der Waals surface area contributed by atoms with Gasteiger partial charge < -0.3 is 15.7 Å². The van der Waals surface area contributed by atoms with E-state index in [1.807, 2.05) is 0 Å². The normalized spacial score (nSPS) is 20.8. The second kappa shape index (κ2) is 9.86. The molecule has 1 aliphatic carbocycles. The summed E-state index contributed by atoms with van der Waals surface area (Å²) in [6, 6.07) is 1.00. The first-order chi connectivity index (χ1) is 8.36. The lowest BCUT2D eigenvalue weighted by Crippen LogP contribution is -2.40. The third-order valence-electron chi connectivity index (χ3n) is 3.81. The molecule has 0 bridgehead atoms. The first-order valence-corrected chi connectivity index (χ1v) is 7.44.